The molecule has 4 nitrogen and oxygen atoms in total. The Labute approximate surface area is 187 Å². The standard InChI is InChI=1S/C23H30FIN2O2/c1-15-12-20(25)22(24)16(2)19(15)13-17-10-11-21(29-14-28-4)23(26-17)27(3)18-8-6-5-7-9-18/h5-6,8,10-12,16,19,21,23H,7,9,13-14H2,1-4H3. The van der Waals surface area contributed by atoms with Gasteiger partial charge in [-0.15, -0.1) is 0 Å². The summed E-state index contributed by atoms with van der Waals surface area (Å²) in [5.74, 6) is -0.0281. The monoisotopic (exact) mass is 512 g/mol. The molecule has 0 saturated carbocycles. The largest absolute Gasteiger partial charge is 0.359 e. The third-order valence-electron chi connectivity index (χ3n) is 5.89. The Bertz CT molecular complexity index is 797. The Balaban J connectivity index is 1.81. The topological polar surface area (TPSA) is 34.1 Å². The predicted octanol–water partition coefficient (Wildman–Crippen LogP) is 5.70. The Morgan fingerprint density at radius 2 is 2.17 bits per heavy atom. The molecule has 0 saturated heterocycles. The van der Waals surface area contributed by atoms with Crippen LogP contribution in [0.4, 0.5) is 4.39 Å². The van der Waals surface area contributed by atoms with E-state index in [0.717, 1.165) is 25.0 Å². The molecule has 0 aromatic heterocycles. The van der Waals surface area contributed by atoms with Gasteiger partial charge in [0.15, 0.2) is 6.17 Å². The van der Waals surface area contributed by atoms with Crippen molar-refractivity contribution in [2.75, 3.05) is 21.0 Å². The lowest BCUT2D eigenvalue weighted by Crippen LogP contribution is -2.43. The molecule has 0 bridgehead atoms. The zero-order valence-electron chi connectivity index (χ0n) is 17.6. The summed E-state index contributed by atoms with van der Waals surface area (Å²) in [5.41, 5.74) is 3.44. The molecule has 0 aromatic carbocycles. The van der Waals surface area contributed by atoms with Crippen LogP contribution < -0.4 is 0 Å². The first-order valence-corrected chi connectivity index (χ1v) is 11.2. The van der Waals surface area contributed by atoms with Gasteiger partial charge in [0.25, 0.3) is 0 Å². The second-order valence-electron chi connectivity index (χ2n) is 7.85. The molecular formula is C23H30FIN2O2. The molecule has 29 heavy (non-hydrogen) atoms. The van der Waals surface area contributed by atoms with Crippen LogP contribution in [0.15, 0.2) is 62.1 Å². The Morgan fingerprint density at radius 3 is 2.86 bits per heavy atom. The van der Waals surface area contributed by atoms with Gasteiger partial charge in [0.05, 0.1) is 0 Å². The quantitative estimate of drug-likeness (QED) is 0.325. The third-order valence-corrected chi connectivity index (χ3v) is 6.72. The zero-order valence-corrected chi connectivity index (χ0v) is 19.7. The zero-order chi connectivity index (χ0) is 21.0. The molecule has 0 spiro atoms. The molecule has 3 rings (SSSR count). The molecule has 1 aliphatic heterocycles. The van der Waals surface area contributed by atoms with Crippen molar-refractivity contribution in [2.24, 2.45) is 16.8 Å². The van der Waals surface area contributed by atoms with Crippen molar-refractivity contribution in [3.05, 3.63) is 57.1 Å². The number of ether oxygens (including phenoxy) is 2. The number of nitrogens with zero attached hydrogens (tertiary/aromatic N) is 2. The lowest BCUT2D eigenvalue weighted by Gasteiger charge is -2.36. The van der Waals surface area contributed by atoms with Crippen molar-refractivity contribution in [1.29, 1.82) is 0 Å². The highest BCUT2D eigenvalue weighted by atomic mass is 127. The first-order chi connectivity index (χ1) is 13.9. The second-order valence-corrected chi connectivity index (χ2v) is 9.01. The first-order valence-electron chi connectivity index (χ1n) is 10.1. The molecule has 0 fully saturated rings. The Morgan fingerprint density at radius 1 is 1.38 bits per heavy atom. The fourth-order valence-corrected chi connectivity index (χ4v) is 5.07. The van der Waals surface area contributed by atoms with Crippen molar-refractivity contribution in [1.82, 2.24) is 4.90 Å². The molecule has 2 aliphatic carbocycles. The summed E-state index contributed by atoms with van der Waals surface area (Å²) in [7, 11) is 3.69. The maximum atomic E-state index is 14.5. The van der Waals surface area contributed by atoms with Crippen LogP contribution in [0, 0.1) is 11.8 Å². The third kappa shape index (κ3) is 5.27. The molecule has 6 heteroatoms. The molecule has 4 atom stereocenters. The second kappa shape index (κ2) is 10.2. The van der Waals surface area contributed by atoms with Crippen LogP contribution in [0.25, 0.3) is 0 Å². The van der Waals surface area contributed by atoms with Crippen LogP contribution in [0.3, 0.4) is 0 Å². The van der Waals surface area contributed by atoms with Crippen molar-refractivity contribution in [3.8, 4) is 0 Å². The minimum absolute atomic E-state index is 0.0179. The maximum absolute atomic E-state index is 14.5. The summed E-state index contributed by atoms with van der Waals surface area (Å²) < 4.78 is 26.2. The van der Waals surface area contributed by atoms with Crippen LogP contribution >= 0.6 is 22.6 Å². The number of rotatable bonds is 7. The number of methoxy groups -OCH3 is 1. The van der Waals surface area contributed by atoms with E-state index >= 15 is 0 Å². The van der Waals surface area contributed by atoms with Gasteiger partial charge in [0.2, 0.25) is 0 Å². The number of hydrogen-bond donors (Lipinski definition) is 0. The summed E-state index contributed by atoms with van der Waals surface area (Å²) in [6.45, 7) is 4.28. The first kappa shape index (κ1) is 22.4. The number of likely N-dealkylation sites (N-methyl/N-ethyl adjacent to an activating group) is 1. The number of hydrogen-bond acceptors (Lipinski definition) is 4. The minimum Gasteiger partial charge on any atom is -0.359 e. The number of allylic oxidation sites excluding steroid dienone is 9. The summed E-state index contributed by atoms with van der Waals surface area (Å²) >= 11 is 2.08. The smallest absolute Gasteiger partial charge is 0.151 e. The summed E-state index contributed by atoms with van der Waals surface area (Å²) in [6, 6.07) is 0. The van der Waals surface area contributed by atoms with Gasteiger partial charge in [-0.1, -0.05) is 24.6 Å². The van der Waals surface area contributed by atoms with E-state index in [0.29, 0.717) is 3.58 Å². The van der Waals surface area contributed by atoms with Gasteiger partial charge in [-0.25, -0.2) is 4.39 Å². The lowest BCUT2D eigenvalue weighted by molar-refractivity contribution is -0.0755. The summed E-state index contributed by atoms with van der Waals surface area (Å²) in [6.07, 6.45) is 14.9. The highest BCUT2D eigenvalue weighted by Crippen LogP contribution is 2.40. The molecular weight excluding hydrogens is 482 g/mol. The van der Waals surface area contributed by atoms with Crippen LogP contribution in [0.5, 0.6) is 0 Å². The minimum atomic E-state index is -0.187. The van der Waals surface area contributed by atoms with Crippen LogP contribution in [-0.2, 0) is 9.47 Å². The van der Waals surface area contributed by atoms with Crippen molar-refractivity contribution in [3.63, 3.8) is 0 Å². The molecule has 1 heterocycles. The molecule has 0 radical (unpaired) electrons. The van der Waals surface area contributed by atoms with E-state index < -0.39 is 0 Å². The summed E-state index contributed by atoms with van der Waals surface area (Å²) in [5, 5.41) is 0. The van der Waals surface area contributed by atoms with Gasteiger partial charge in [-0.2, -0.15) is 0 Å². The summed E-state index contributed by atoms with van der Waals surface area (Å²) in [4.78, 5) is 7.24. The number of dihydropyridines is 1. The van der Waals surface area contributed by atoms with Crippen LogP contribution in [-0.4, -0.2) is 43.8 Å². The van der Waals surface area contributed by atoms with E-state index in [4.69, 9.17) is 14.5 Å². The molecule has 4 unspecified atom stereocenters. The van der Waals surface area contributed by atoms with E-state index in [-0.39, 0.29) is 36.7 Å². The van der Waals surface area contributed by atoms with Crippen molar-refractivity contribution in [2.45, 2.75) is 45.4 Å². The number of halogens is 2. The lowest BCUT2D eigenvalue weighted by atomic mass is 9.79. The fourth-order valence-electron chi connectivity index (χ4n) is 4.09. The highest BCUT2D eigenvalue weighted by Gasteiger charge is 2.32. The molecule has 3 aliphatic rings. The average molecular weight is 512 g/mol. The van der Waals surface area contributed by atoms with E-state index in [1.54, 1.807) is 7.11 Å². The van der Waals surface area contributed by atoms with Crippen molar-refractivity contribution >= 4 is 28.3 Å². The van der Waals surface area contributed by atoms with E-state index in [1.165, 1.54) is 11.3 Å². The Kier molecular flexibility index (Phi) is 7.87. The molecule has 0 N–H and O–H groups in total. The predicted molar refractivity (Wildman–Crippen MR) is 125 cm³/mol. The van der Waals surface area contributed by atoms with Crippen molar-refractivity contribution < 1.29 is 13.9 Å². The molecule has 158 valence electrons. The normalized spacial score (nSPS) is 29.5. The average Bonchev–Trinajstić information content (AvgIpc) is 2.74. The van der Waals surface area contributed by atoms with Gasteiger partial charge in [0, 0.05) is 35.1 Å². The fraction of sp³-hybridized carbons (Fsp3) is 0.522. The Hall–Kier alpha value is -1.25. The van der Waals surface area contributed by atoms with E-state index in [2.05, 4.69) is 65.8 Å². The number of aliphatic imine (C=N–C) groups is 1. The van der Waals surface area contributed by atoms with Gasteiger partial charge >= 0.3 is 0 Å². The maximum Gasteiger partial charge on any atom is 0.151 e. The molecule has 0 amide bonds. The van der Waals surface area contributed by atoms with Crippen LogP contribution in [0.2, 0.25) is 0 Å². The van der Waals surface area contributed by atoms with E-state index in [9.17, 15) is 4.39 Å². The van der Waals surface area contributed by atoms with Gasteiger partial charge in [-0.3, -0.25) is 4.99 Å². The highest BCUT2D eigenvalue weighted by molar-refractivity contribution is 14.1. The SMILES string of the molecule is COCOC1C=CC(CC2C(C)=CC(I)=C(F)C2C)=NC1N(C)C1=CC=CCC1. The molecule has 0 aromatic rings. The van der Waals surface area contributed by atoms with Gasteiger partial charge in [-0.05, 0) is 79.0 Å². The van der Waals surface area contributed by atoms with E-state index in [1.807, 2.05) is 19.1 Å². The van der Waals surface area contributed by atoms with Gasteiger partial charge in [0.1, 0.15) is 18.7 Å². The van der Waals surface area contributed by atoms with Crippen LogP contribution in [0.1, 0.15) is 33.1 Å². The van der Waals surface area contributed by atoms with Gasteiger partial charge < -0.3 is 14.4 Å².